The third kappa shape index (κ3) is 5.07. The average Bonchev–Trinajstić information content (AvgIpc) is 2.40. The summed E-state index contributed by atoms with van der Waals surface area (Å²) in [6, 6.07) is 17.0. The molecule has 0 heterocycles. The molecule has 2 heteroatoms. The maximum Gasteiger partial charge on any atom is 0.118 e. The van der Waals surface area contributed by atoms with Crippen LogP contribution in [0.1, 0.15) is 12.5 Å². The normalized spacial score (nSPS) is 9.06. The van der Waals surface area contributed by atoms with Gasteiger partial charge in [0.05, 0.1) is 7.11 Å². The molecule has 2 nitrogen and oxygen atoms in total. The number of hydrogen-bond donors (Lipinski definition) is 1. The molecular formula is C15H18O2. The number of aryl methyl sites for hydroxylation is 1. The van der Waals surface area contributed by atoms with Gasteiger partial charge in [0.25, 0.3) is 0 Å². The molecule has 0 aromatic heterocycles. The van der Waals surface area contributed by atoms with E-state index in [-0.39, 0.29) is 0 Å². The van der Waals surface area contributed by atoms with Crippen LogP contribution in [0, 0.1) is 0 Å². The van der Waals surface area contributed by atoms with Crippen LogP contribution in [0.4, 0.5) is 0 Å². The van der Waals surface area contributed by atoms with Crippen molar-refractivity contribution in [2.45, 2.75) is 13.3 Å². The largest absolute Gasteiger partial charge is 0.508 e. The molecule has 0 amide bonds. The van der Waals surface area contributed by atoms with Gasteiger partial charge in [-0.15, -0.1) is 0 Å². The molecule has 0 atom stereocenters. The Kier molecular flexibility index (Phi) is 5.66. The van der Waals surface area contributed by atoms with Crippen molar-refractivity contribution in [1.82, 2.24) is 0 Å². The summed E-state index contributed by atoms with van der Waals surface area (Å²) in [5.74, 6) is 1.27. The van der Waals surface area contributed by atoms with Crippen molar-refractivity contribution in [2.75, 3.05) is 7.11 Å². The van der Waals surface area contributed by atoms with Gasteiger partial charge in [0.2, 0.25) is 0 Å². The molecule has 2 aromatic carbocycles. The topological polar surface area (TPSA) is 29.5 Å². The maximum atomic E-state index is 8.94. The Labute approximate surface area is 102 Å². The molecule has 2 aromatic rings. The maximum absolute atomic E-state index is 8.94. The number of aromatic hydroxyl groups is 1. The number of hydrogen-bond acceptors (Lipinski definition) is 2. The Bertz CT molecular complexity index is 424. The summed E-state index contributed by atoms with van der Waals surface area (Å²) in [5, 5.41) is 8.94. The fourth-order valence-corrected chi connectivity index (χ4v) is 1.33. The van der Waals surface area contributed by atoms with Crippen molar-refractivity contribution in [2.24, 2.45) is 0 Å². The fourth-order valence-electron chi connectivity index (χ4n) is 1.33. The first kappa shape index (κ1) is 13.1. The Hall–Kier alpha value is -1.96. The molecule has 0 spiro atoms. The van der Waals surface area contributed by atoms with Crippen LogP contribution in [-0.2, 0) is 6.42 Å². The van der Waals surface area contributed by atoms with Crippen molar-refractivity contribution in [3.8, 4) is 11.5 Å². The van der Waals surface area contributed by atoms with E-state index in [1.165, 1.54) is 5.56 Å². The van der Waals surface area contributed by atoms with Crippen molar-refractivity contribution in [1.29, 1.82) is 0 Å². The number of ether oxygens (including phenoxy) is 1. The third-order valence-electron chi connectivity index (χ3n) is 2.30. The summed E-state index contributed by atoms with van der Waals surface area (Å²) in [7, 11) is 1.66. The van der Waals surface area contributed by atoms with Crippen LogP contribution in [0.3, 0.4) is 0 Å². The van der Waals surface area contributed by atoms with E-state index >= 15 is 0 Å². The molecule has 0 bridgehead atoms. The molecule has 2 rings (SSSR count). The highest BCUT2D eigenvalue weighted by atomic mass is 16.5. The Morgan fingerprint density at radius 2 is 1.71 bits per heavy atom. The van der Waals surface area contributed by atoms with Crippen LogP contribution in [0.15, 0.2) is 54.6 Å². The minimum atomic E-state index is 0.356. The predicted molar refractivity (Wildman–Crippen MR) is 70.5 cm³/mol. The van der Waals surface area contributed by atoms with Crippen LogP contribution >= 0.6 is 0 Å². The molecule has 0 aliphatic heterocycles. The van der Waals surface area contributed by atoms with Gasteiger partial charge in [-0.2, -0.15) is 0 Å². The van der Waals surface area contributed by atoms with Crippen molar-refractivity contribution >= 4 is 0 Å². The molecule has 0 aliphatic rings. The molecule has 0 radical (unpaired) electrons. The van der Waals surface area contributed by atoms with Crippen LogP contribution in [0.25, 0.3) is 0 Å². The Morgan fingerprint density at radius 3 is 2.12 bits per heavy atom. The second-order valence-electron chi connectivity index (χ2n) is 3.54. The fraction of sp³-hybridized carbons (Fsp3) is 0.200. The van der Waals surface area contributed by atoms with E-state index in [9.17, 15) is 0 Å². The monoisotopic (exact) mass is 230 g/mol. The van der Waals surface area contributed by atoms with Gasteiger partial charge in [0.15, 0.2) is 0 Å². The first-order valence-electron chi connectivity index (χ1n) is 5.63. The quantitative estimate of drug-likeness (QED) is 0.853. The van der Waals surface area contributed by atoms with Crippen molar-refractivity contribution in [3.63, 3.8) is 0 Å². The van der Waals surface area contributed by atoms with Crippen molar-refractivity contribution in [3.05, 3.63) is 60.2 Å². The smallest absolute Gasteiger partial charge is 0.118 e. The van der Waals surface area contributed by atoms with E-state index < -0.39 is 0 Å². The molecule has 0 fully saturated rings. The van der Waals surface area contributed by atoms with E-state index in [0.717, 1.165) is 12.2 Å². The number of rotatable bonds is 2. The van der Waals surface area contributed by atoms with Gasteiger partial charge in [-0.1, -0.05) is 37.3 Å². The standard InChI is InChI=1S/C8H10O.C7H8O/c1-2-7-4-3-5-8(9)6-7;1-8-7-5-3-2-4-6-7/h3-6,9H,2H2,1H3;2-6H,1H3. The second-order valence-corrected chi connectivity index (χ2v) is 3.54. The van der Waals surface area contributed by atoms with Gasteiger partial charge in [0, 0.05) is 0 Å². The lowest BCUT2D eigenvalue weighted by Crippen LogP contribution is -1.78. The van der Waals surface area contributed by atoms with E-state index in [0.29, 0.717) is 5.75 Å². The Morgan fingerprint density at radius 1 is 1.00 bits per heavy atom. The lowest BCUT2D eigenvalue weighted by atomic mass is 10.2. The lowest BCUT2D eigenvalue weighted by molar-refractivity contribution is 0.415. The number of benzene rings is 2. The van der Waals surface area contributed by atoms with Gasteiger partial charge >= 0.3 is 0 Å². The second kappa shape index (κ2) is 7.34. The number of phenolic OH excluding ortho intramolecular Hbond substituents is 1. The molecule has 0 saturated heterocycles. The minimum Gasteiger partial charge on any atom is -0.508 e. The number of methoxy groups -OCH3 is 1. The lowest BCUT2D eigenvalue weighted by Gasteiger charge is -1.94. The zero-order valence-electron chi connectivity index (χ0n) is 10.3. The van der Waals surface area contributed by atoms with Crippen LogP contribution in [-0.4, -0.2) is 12.2 Å². The molecule has 0 saturated carbocycles. The first-order valence-corrected chi connectivity index (χ1v) is 5.63. The van der Waals surface area contributed by atoms with E-state index in [2.05, 4.69) is 6.92 Å². The molecule has 1 N–H and O–H groups in total. The summed E-state index contributed by atoms with van der Waals surface area (Å²) in [5.41, 5.74) is 1.18. The molecule has 0 unspecified atom stereocenters. The van der Waals surface area contributed by atoms with Gasteiger partial charge in [-0.25, -0.2) is 0 Å². The molecule has 17 heavy (non-hydrogen) atoms. The van der Waals surface area contributed by atoms with Gasteiger partial charge < -0.3 is 9.84 Å². The summed E-state index contributed by atoms with van der Waals surface area (Å²) in [6.07, 6.45) is 0.981. The average molecular weight is 230 g/mol. The van der Waals surface area contributed by atoms with Crippen LogP contribution in [0.2, 0.25) is 0 Å². The minimum absolute atomic E-state index is 0.356. The van der Waals surface area contributed by atoms with Crippen LogP contribution < -0.4 is 4.74 Å². The van der Waals surface area contributed by atoms with Gasteiger partial charge in [-0.3, -0.25) is 0 Å². The highest BCUT2D eigenvalue weighted by molar-refractivity contribution is 5.26. The summed E-state index contributed by atoms with van der Waals surface area (Å²) < 4.78 is 4.91. The van der Waals surface area contributed by atoms with E-state index in [1.54, 1.807) is 19.2 Å². The highest BCUT2D eigenvalue weighted by Crippen LogP contribution is 2.10. The van der Waals surface area contributed by atoms with E-state index in [1.807, 2.05) is 42.5 Å². The first-order chi connectivity index (χ1) is 8.26. The SMILES string of the molecule is CCc1cccc(O)c1.COc1ccccc1. The highest BCUT2D eigenvalue weighted by Gasteiger charge is 1.87. The van der Waals surface area contributed by atoms with E-state index in [4.69, 9.17) is 9.84 Å². The zero-order valence-corrected chi connectivity index (χ0v) is 10.3. The number of phenols is 1. The zero-order chi connectivity index (χ0) is 12.5. The molecule has 0 aliphatic carbocycles. The third-order valence-corrected chi connectivity index (χ3v) is 2.30. The van der Waals surface area contributed by atoms with Gasteiger partial charge in [0.1, 0.15) is 11.5 Å². The Balaban J connectivity index is 0.000000171. The molecular weight excluding hydrogens is 212 g/mol. The summed E-state index contributed by atoms with van der Waals surface area (Å²) in [6.45, 7) is 2.06. The summed E-state index contributed by atoms with van der Waals surface area (Å²) >= 11 is 0. The van der Waals surface area contributed by atoms with Crippen LogP contribution in [0.5, 0.6) is 11.5 Å². The predicted octanol–water partition coefficient (Wildman–Crippen LogP) is 3.65. The van der Waals surface area contributed by atoms with Crippen molar-refractivity contribution < 1.29 is 9.84 Å². The molecule has 90 valence electrons. The number of para-hydroxylation sites is 1. The summed E-state index contributed by atoms with van der Waals surface area (Å²) in [4.78, 5) is 0. The van der Waals surface area contributed by atoms with Gasteiger partial charge in [-0.05, 0) is 36.2 Å².